The lowest BCUT2D eigenvalue weighted by Gasteiger charge is -2.25. The van der Waals surface area contributed by atoms with E-state index < -0.39 is 23.3 Å². The Kier molecular flexibility index (Phi) is 6.73. The fourth-order valence-electron chi connectivity index (χ4n) is 3.67. The lowest BCUT2D eigenvalue weighted by atomic mass is 9.87. The van der Waals surface area contributed by atoms with E-state index in [2.05, 4.69) is 16.4 Å². The van der Waals surface area contributed by atoms with Crippen LogP contribution in [0.5, 0.6) is 5.75 Å². The smallest absolute Gasteiger partial charge is 0.255 e. The van der Waals surface area contributed by atoms with Gasteiger partial charge in [0.25, 0.3) is 5.91 Å². The summed E-state index contributed by atoms with van der Waals surface area (Å²) < 4.78 is 5.08. The number of nitrogens with one attached hydrogen (secondary N) is 1. The first-order chi connectivity index (χ1) is 15.3. The third-order valence-electron chi connectivity index (χ3n) is 5.50. The van der Waals surface area contributed by atoms with Crippen LogP contribution in [-0.2, 0) is 9.59 Å². The number of aromatic nitrogens is 1. The number of hydrogen-bond acceptors (Lipinski definition) is 6. The van der Waals surface area contributed by atoms with Crippen molar-refractivity contribution in [3.8, 4) is 11.8 Å². The molecule has 1 aliphatic rings. The van der Waals surface area contributed by atoms with Gasteiger partial charge in [0, 0.05) is 25.5 Å². The maximum absolute atomic E-state index is 13.0. The molecular weight excluding hydrogens is 410 g/mol. The highest BCUT2D eigenvalue weighted by atomic mass is 16.5. The first kappa shape index (κ1) is 22.7. The van der Waals surface area contributed by atoms with Crippen molar-refractivity contribution in [2.24, 2.45) is 5.41 Å². The summed E-state index contributed by atoms with van der Waals surface area (Å²) in [7, 11) is 2.97. The van der Waals surface area contributed by atoms with Crippen LogP contribution < -0.4 is 10.1 Å². The van der Waals surface area contributed by atoms with Gasteiger partial charge in [0.15, 0.2) is 0 Å². The van der Waals surface area contributed by atoms with Gasteiger partial charge in [-0.15, -0.1) is 0 Å². The normalized spacial score (nSPS) is 19.7. The Hall–Kier alpha value is -3.93. The topological polar surface area (TPSA) is 116 Å². The Morgan fingerprint density at radius 2 is 2.03 bits per heavy atom. The summed E-state index contributed by atoms with van der Waals surface area (Å²) in [6.07, 6.45) is 3.08. The second-order valence-electron chi connectivity index (χ2n) is 8.03. The minimum Gasteiger partial charge on any atom is -0.495 e. The quantitative estimate of drug-likeness (QED) is 0.741. The number of likely N-dealkylation sites (tertiary alicyclic amines) is 1. The molecule has 0 aliphatic carbocycles. The van der Waals surface area contributed by atoms with Crippen LogP contribution in [0.1, 0.15) is 23.7 Å². The summed E-state index contributed by atoms with van der Waals surface area (Å²) in [5, 5.41) is 12.4. The first-order valence-electron chi connectivity index (χ1n) is 10.1. The van der Waals surface area contributed by atoms with Gasteiger partial charge in [0.2, 0.25) is 11.8 Å². The van der Waals surface area contributed by atoms with E-state index in [1.807, 2.05) is 18.2 Å². The standard InChI is InChI=1S/C23H25N5O4/c1-23(22(31)26-17-7-5-4-6-8-17)10-18(11-24)28(15-23)20(29)14-27(2)21(30)16-9-19(32-3)13-25-12-16/h4-9,12-13,18H,10,14-15H2,1-3H3,(H,26,31). The molecule has 166 valence electrons. The molecule has 1 fully saturated rings. The van der Waals surface area contributed by atoms with E-state index in [0.29, 0.717) is 11.4 Å². The van der Waals surface area contributed by atoms with E-state index >= 15 is 0 Å². The number of nitrogens with zero attached hydrogens (tertiary/aromatic N) is 4. The maximum Gasteiger partial charge on any atom is 0.255 e. The Bertz CT molecular complexity index is 1050. The monoisotopic (exact) mass is 435 g/mol. The van der Waals surface area contributed by atoms with Gasteiger partial charge in [0.05, 0.1) is 36.9 Å². The summed E-state index contributed by atoms with van der Waals surface area (Å²) in [4.78, 5) is 45.1. The molecule has 2 aromatic rings. The number of para-hydroxylation sites is 1. The van der Waals surface area contributed by atoms with E-state index in [1.165, 1.54) is 42.4 Å². The Morgan fingerprint density at radius 3 is 2.69 bits per heavy atom. The molecule has 32 heavy (non-hydrogen) atoms. The van der Waals surface area contributed by atoms with Crippen molar-refractivity contribution in [2.75, 3.05) is 32.6 Å². The second-order valence-corrected chi connectivity index (χ2v) is 8.03. The van der Waals surface area contributed by atoms with Crippen molar-refractivity contribution < 1.29 is 19.1 Å². The van der Waals surface area contributed by atoms with E-state index in [4.69, 9.17) is 4.74 Å². The summed E-state index contributed by atoms with van der Waals surface area (Å²) in [5.74, 6) is -0.632. The van der Waals surface area contributed by atoms with Crippen LogP contribution in [0, 0.1) is 16.7 Å². The van der Waals surface area contributed by atoms with Crippen LogP contribution in [0.25, 0.3) is 0 Å². The van der Waals surface area contributed by atoms with E-state index in [0.717, 1.165) is 0 Å². The summed E-state index contributed by atoms with van der Waals surface area (Å²) in [5.41, 5.74) is 0.00443. The second kappa shape index (κ2) is 9.47. The van der Waals surface area contributed by atoms with Gasteiger partial charge < -0.3 is 19.9 Å². The molecule has 2 heterocycles. The molecule has 0 saturated carbocycles. The van der Waals surface area contributed by atoms with Crippen molar-refractivity contribution in [3.63, 3.8) is 0 Å². The Balaban J connectivity index is 1.68. The SMILES string of the molecule is COc1cncc(C(=O)N(C)CC(=O)N2CC(C)(C(=O)Nc3ccccc3)CC2C#N)c1. The molecule has 1 N–H and O–H groups in total. The van der Waals surface area contributed by atoms with Gasteiger partial charge in [-0.25, -0.2) is 0 Å². The molecule has 9 nitrogen and oxygen atoms in total. The molecule has 3 amide bonds. The van der Waals surface area contributed by atoms with Crippen LogP contribution in [-0.4, -0.2) is 65.8 Å². The number of anilines is 1. The highest BCUT2D eigenvalue weighted by Crippen LogP contribution is 2.35. The fourth-order valence-corrected chi connectivity index (χ4v) is 3.67. The third kappa shape index (κ3) is 4.86. The third-order valence-corrected chi connectivity index (χ3v) is 5.50. The Labute approximate surface area is 186 Å². The molecule has 2 atom stereocenters. The van der Waals surface area contributed by atoms with Crippen molar-refractivity contribution in [3.05, 3.63) is 54.4 Å². The number of ether oxygens (including phenoxy) is 1. The maximum atomic E-state index is 13.0. The number of amides is 3. The molecule has 2 unspecified atom stereocenters. The Morgan fingerprint density at radius 1 is 1.31 bits per heavy atom. The van der Waals surface area contributed by atoms with Crippen molar-refractivity contribution >= 4 is 23.4 Å². The lowest BCUT2D eigenvalue weighted by Crippen LogP contribution is -2.44. The predicted octanol–water partition coefficient (Wildman–Crippen LogP) is 1.93. The van der Waals surface area contributed by atoms with E-state index in [9.17, 15) is 19.6 Å². The summed E-state index contributed by atoms with van der Waals surface area (Å²) in [6.45, 7) is 1.59. The molecule has 1 aromatic carbocycles. The summed E-state index contributed by atoms with van der Waals surface area (Å²) >= 11 is 0. The van der Waals surface area contributed by atoms with Crippen molar-refractivity contribution in [1.82, 2.24) is 14.8 Å². The number of rotatable bonds is 6. The number of benzene rings is 1. The number of methoxy groups -OCH3 is 1. The van der Waals surface area contributed by atoms with Crippen LogP contribution in [0.4, 0.5) is 5.69 Å². The van der Waals surface area contributed by atoms with Gasteiger partial charge in [0.1, 0.15) is 11.8 Å². The highest BCUT2D eigenvalue weighted by Gasteiger charge is 2.48. The molecule has 1 aliphatic heterocycles. The molecule has 0 spiro atoms. The molecule has 1 aromatic heterocycles. The fraction of sp³-hybridized carbons (Fsp3) is 0.348. The summed E-state index contributed by atoms with van der Waals surface area (Å²) in [6, 6.07) is 11.9. The molecule has 9 heteroatoms. The van der Waals surface area contributed by atoms with Gasteiger partial charge in [-0.05, 0) is 31.5 Å². The van der Waals surface area contributed by atoms with E-state index in [-0.39, 0.29) is 31.0 Å². The lowest BCUT2D eigenvalue weighted by molar-refractivity contribution is -0.132. The zero-order valence-electron chi connectivity index (χ0n) is 18.2. The predicted molar refractivity (Wildman–Crippen MR) is 117 cm³/mol. The number of hydrogen-bond donors (Lipinski definition) is 1. The molecule has 3 rings (SSSR count). The van der Waals surface area contributed by atoms with Gasteiger partial charge in [-0.1, -0.05) is 18.2 Å². The van der Waals surface area contributed by atoms with Crippen LogP contribution in [0.2, 0.25) is 0 Å². The largest absolute Gasteiger partial charge is 0.495 e. The number of carbonyl (C=O) groups excluding carboxylic acids is 3. The van der Waals surface area contributed by atoms with Crippen LogP contribution >= 0.6 is 0 Å². The van der Waals surface area contributed by atoms with Crippen molar-refractivity contribution in [1.29, 1.82) is 5.26 Å². The van der Waals surface area contributed by atoms with Crippen LogP contribution in [0.15, 0.2) is 48.8 Å². The molecular formula is C23H25N5O4. The van der Waals surface area contributed by atoms with E-state index in [1.54, 1.807) is 19.1 Å². The van der Waals surface area contributed by atoms with Gasteiger partial charge in [-0.3, -0.25) is 19.4 Å². The minimum absolute atomic E-state index is 0.0888. The van der Waals surface area contributed by atoms with Crippen LogP contribution in [0.3, 0.4) is 0 Å². The number of pyridine rings is 1. The minimum atomic E-state index is -0.925. The number of likely N-dealkylation sites (N-methyl/N-ethyl adjacent to an activating group) is 1. The molecule has 1 saturated heterocycles. The van der Waals surface area contributed by atoms with Gasteiger partial charge in [-0.2, -0.15) is 5.26 Å². The zero-order valence-corrected chi connectivity index (χ0v) is 18.2. The number of carbonyl (C=O) groups is 3. The highest BCUT2D eigenvalue weighted by molar-refractivity contribution is 5.98. The first-order valence-corrected chi connectivity index (χ1v) is 10.1. The molecule has 0 bridgehead atoms. The van der Waals surface area contributed by atoms with Gasteiger partial charge >= 0.3 is 0 Å². The van der Waals surface area contributed by atoms with Crippen molar-refractivity contribution in [2.45, 2.75) is 19.4 Å². The average molecular weight is 435 g/mol. The average Bonchev–Trinajstić information content (AvgIpc) is 3.17. The zero-order chi connectivity index (χ0) is 23.3. The number of nitriles is 1. The molecule has 0 radical (unpaired) electrons.